The number of nitrogens with one attached hydrogen (secondary N) is 1. The lowest BCUT2D eigenvalue weighted by molar-refractivity contribution is -0.00513. The van der Waals surface area contributed by atoms with Crippen molar-refractivity contribution in [2.45, 2.75) is 51.8 Å². The Morgan fingerprint density at radius 2 is 1.80 bits per heavy atom. The summed E-state index contributed by atoms with van der Waals surface area (Å²) in [6, 6.07) is 6.98. The maximum absolute atomic E-state index is 15.1. The van der Waals surface area contributed by atoms with Crippen LogP contribution in [-0.2, 0) is 11.3 Å². The first kappa shape index (κ1) is 31.0. The molecule has 1 aliphatic rings. The Bertz CT molecular complexity index is 1740. The van der Waals surface area contributed by atoms with Crippen LogP contribution in [0.2, 0.25) is 0 Å². The highest BCUT2D eigenvalue weighted by atomic mass is 32.1. The predicted molar refractivity (Wildman–Crippen MR) is 150 cm³/mol. The quantitative estimate of drug-likeness (QED) is 0.258. The summed E-state index contributed by atoms with van der Waals surface area (Å²) in [5.41, 5.74) is -3.34. The molecule has 4 aromatic rings. The summed E-state index contributed by atoms with van der Waals surface area (Å²) in [7, 11) is 0. The lowest BCUT2D eigenvalue weighted by Gasteiger charge is -2.49. The van der Waals surface area contributed by atoms with E-state index in [1.165, 1.54) is 23.1 Å². The third-order valence-corrected chi connectivity index (χ3v) is 7.71. The fourth-order valence-corrected chi connectivity index (χ4v) is 5.36. The Balaban J connectivity index is 1.27. The molecular formula is C28H27F5N6O4S. The summed E-state index contributed by atoms with van der Waals surface area (Å²) in [6.07, 6.45) is -2.74. The number of carbonyl (C=O) groups excluding carboxylic acids is 1. The molecule has 10 nitrogen and oxygen atoms in total. The second-order valence-electron chi connectivity index (χ2n) is 11.2. The van der Waals surface area contributed by atoms with Crippen molar-refractivity contribution in [1.82, 2.24) is 24.6 Å². The van der Waals surface area contributed by atoms with E-state index in [2.05, 4.69) is 15.4 Å². The number of ether oxygens (including phenoxy) is 2. The Morgan fingerprint density at radius 1 is 1.11 bits per heavy atom. The van der Waals surface area contributed by atoms with Gasteiger partial charge in [0.05, 0.1) is 31.0 Å². The van der Waals surface area contributed by atoms with Gasteiger partial charge in [-0.3, -0.25) is 4.57 Å². The SMILES string of the molecule is Cc1nc(N2CC(NC(=O)OC(C)(C)C)(C(F)F)C2)sc1Oc1ccc(-n2ncn(Cc3c(F)cccc3F)c2=O)cc1F. The highest BCUT2D eigenvalue weighted by Gasteiger charge is 2.53. The number of hydrogen-bond acceptors (Lipinski definition) is 8. The van der Waals surface area contributed by atoms with Crippen LogP contribution >= 0.6 is 11.3 Å². The normalized spacial score (nSPS) is 14.5. The third kappa shape index (κ3) is 6.25. The minimum absolute atomic E-state index is 0.0377. The number of alkyl halides is 2. The van der Waals surface area contributed by atoms with E-state index in [4.69, 9.17) is 9.47 Å². The maximum atomic E-state index is 15.1. The Kier molecular flexibility index (Phi) is 8.13. The summed E-state index contributed by atoms with van der Waals surface area (Å²) < 4.78 is 83.6. The van der Waals surface area contributed by atoms with Crippen molar-refractivity contribution in [1.29, 1.82) is 0 Å². The largest absolute Gasteiger partial charge is 0.444 e. The lowest BCUT2D eigenvalue weighted by atomic mass is 9.91. The van der Waals surface area contributed by atoms with Gasteiger partial charge in [0.1, 0.15) is 29.1 Å². The van der Waals surface area contributed by atoms with E-state index in [1.807, 2.05) is 0 Å². The van der Waals surface area contributed by atoms with Gasteiger partial charge in [-0.25, -0.2) is 36.5 Å². The van der Waals surface area contributed by atoms with E-state index >= 15 is 4.39 Å². The molecule has 1 fully saturated rings. The Hall–Kier alpha value is -4.47. The van der Waals surface area contributed by atoms with Gasteiger partial charge in [0.25, 0.3) is 6.43 Å². The molecule has 0 spiro atoms. The van der Waals surface area contributed by atoms with Crippen molar-refractivity contribution in [3.05, 3.63) is 81.9 Å². The number of amides is 1. The molecular weight excluding hydrogens is 611 g/mol. The zero-order valence-corrected chi connectivity index (χ0v) is 24.7. The summed E-state index contributed by atoms with van der Waals surface area (Å²) in [5, 5.41) is 6.73. The van der Waals surface area contributed by atoms with Crippen molar-refractivity contribution in [2.75, 3.05) is 18.0 Å². The van der Waals surface area contributed by atoms with Crippen molar-refractivity contribution in [3.63, 3.8) is 0 Å². The zero-order chi connectivity index (χ0) is 32.0. The lowest BCUT2D eigenvalue weighted by Crippen LogP contribution is -2.74. The maximum Gasteiger partial charge on any atom is 0.408 e. The molecule has 1 N–H and O–H groups in total. The van der Waals surface area contributed by atoms with Gasteiger partial charge in [-0.1, -0.05) is 17.4 Å². The van der Waals surface area contributed by atoms with Crippen LogP contribution in [0.4, 0.5) is 31.9 Å². The molecule has 2 aromatic carbocycles. The zero-order valence-electron chi connectivity index (χ0n) is 23.9. The molecule has 1 saturated heterocycles. The van der Waals surface area contributed by atoms with Gasteiger partial charge < -0.3 is 19.7 Å². The number of halogens is 5. The molecule has 1 aliphatic heterocycles. The van der Waals surface area contributed by atoms with E-state index in [9.17, 15) is 27.2 Å². The molecule has 234 valence electrons. The molecule has 0 atom stereocenters. The number of carbonyl (C=O) groups is 1. The van der Waals surface area contributed by atoms with E-state index in [-0.39, 0.29) is 35.2 Å². The minimum Gasteiger partial charge on any atom is -0.444 e. The number of anilines is 1. The molecule has 0 aliphatic carbocycles. The topological polar surface area (TPSA) is 104 Å². The smallest absolute Gasteiger partial charge is 0.408 e. The Labute approximate surface area is 251 Å². The molecule has 0 bridgehead atoms. The fourth-order valence-electron chi connectivity index (χ4n) is 4.43. The predicted octanol–water partition coefficient (Wildman–Crippen LogP) is 5.41. The standard InChI is InChI=1S/C28H27F5N6O4S/c1-15-22(44-24(35-15)38-12-28(13-38,23(32)33)36-25(40)43-27(2,3)4)42-21-9-8-16(10-20(21)31)39-26(41)37(14-34-39)11-17-18(29)6-5-7-19(17)30/h5-10,14,23H,11-13H2,1-4H3,(H,36,40). The van der Waals surface area contributed by atoms with E-state index in [0.29, 0.717) is 10.8 Å². The number of nitrogens with zero attached hydrogens (tertiary/aromatic N) is 5. The van der Waals surface area contributed by atoms with Gasteiger partial charge in [0, 0.05) is 11.6 Å². The van der Waals surface area contributed by atoms with Crippen molar-refractivity contribution in [3.8, 4) is 16.5 Å². The van der Waals surface area contributed by atoms with Crippen LogP contribution in [0.1, 0.15) is 32.0 Å². The van der Waals surface area contributed by atoms with Crippen LogP contribution in [0.25, 0.3) is 5.69 Å². The van der Waals surface area contributed by atoms with Crippen LogP contribution in [-0.4, -0.2) is 56.1 Å². The van der Waals surface area contributed by atoms with Crippen molar-refractivity contribution in [2.24, 2.45) is 0 Å². The minimum atomic E-state index is -2.87. The van der Waals surface area contributed by atoms with Crippen LogP contribution < -0.4 is 20.6 Å². The van der Waals surface area contributed by atoms with Crippen LogP contribution in [0.3, 0.4) is 0 Å². The summed E-state index contributed by atoms with van der Waals surface area (Å²) in [6.45, 7) is 5.59. The average molecular weight is 639 g/mol. The second-order valence-corrected chi connectivity index (χ2v) is 12.1. The first-order valence-electron chi connectivity index (χ1n) is 13.2. The van der Waals surface area contributed by atoms with Crippen LogP contribution in [0.15, 0.2) is 47.5 Å². The second kappa shape index (κ2) is 11.6. The van der Waals surface area contributed by atoms with Crippen LogP contribution in [0, 0.1) is 24.4 Å². The number of hydrogen-bond donors (Lipinski definition) is 1. The highest BCUT2D eigenvalue weighted by Crippen LogP contribution is 2.41. The molecule has 5 rings (SSSR count). The van der Waals surface area contributed by atoms with Crippen molar-refractivity contribution < 1.29 is 36.2 Å². The summed E-state index contributed by atoms with van der Waals surface area (Å²) >= 11 is 1.00. The van der Waals surface area contributed by atoms with Gasteiger partial charge >= 0.3 is 11.8 Å². The third-order valence-electron chi connectivity index (χ3n) is 6.61. The summed E-state index contributed by atoms with van der Waals surface area (Å²) in [4.78, 5) is 30.8. The molecule has 16 heteroatoms. The van der Waals surface area contributed by atoms with Gasteiger partial charge in [-0.05, 0) is 52.0 Å². The molecule has 2 aromatic heterocycles. The molecule has 0 saturated carbocycles. The van der Waals surface area contributed by atoms with E-state index in [0.717, 1.165) is 45.1 Å². The number of aryl methyl sites for hydroxylation is 1. The number of thiazole rings is 1. The molecule has 44 heavy (non-hydrogen) atoms. The van der Waals surface area contributed by atoms with Gasteiger partial charge in [0.15, 0.2) is 16.7 Å². The number of rotatable bonds is 8. The molecule has 0 radical (unpaired) electrons. The van der Waals surface area contributed by atoms with Crippen molar-refractivity contribution >= 4 is 22.6 Å². The van der Waals surface area contributed by atoms with Crippen LogP contribution in [0.5, 0.6) is 10.8 Å². The number of aromatic nitrogens is 4. The fraction of sp³-hybridized carbons (Fsp3) is 0.357. The van der Waals surface area contributed by atoms with Gasteiger partial charge in [-0.15, -0.1) is 0 Å². The first-order valence-corrected chi connectivity index (χ1v) is 14.0. The molecule has 0 unspecified atom stereocenters. The molecule has 1 amide bonds. The average Bonchev–Trinajstić information content (AvgIpc) is 3.45. The van der Waals surface area contributed by atoms with Gasteiger partial charge in [0.2, 0.25) is 5.06 Å². The number of alkyl carbamates (subject to hydrolysis) is 1. The summed E-state index contributed by atoms with van der Waals surface area (Å²) in [5.74, 6) is -2.69. The van der Waals surface area contributed by atoms with E-state index in [1.54, 1.807) is 27.7 Å². The van der Waals surface area contributed by atoms with Gasteiger partial charge in [-0.2, -0.15) is 9.78 Å². The first-order chi connectivity index (χ1) is 20.7. The molecule has 3 heterocycles. The highest BCUT2D eigenvalue weighted by molar-refractivity contribution is 7.17. The Morgan fingerprint density at radius 3 is 2.41 bits per heavy atom. The van der Waals surface area contributed by atoms with E-state index < -0.39 is 53.3 Å². The monoisotopic (exact) mass is 638 g/mol. The number of benzene rings is 2.